The fraction of sp³-hybridized carbons (Fsp3) is 0.462. The van der Waals surface area contributed by atoms with Gasteiger partial charge in [0.05, 0.1) is 11.5 Å². The highest BCUT2D eigenvalue weighted by molar-refractivity contribution is 7.89. The highest BCUT2D eigenvalue weighted by Gasteiger charge is 2.28. The molecule has 2 rings (SSSR count). The van der Waals surface area contributed by atoms with Gasteiger partial charge < -0.3 is 9.47 Å². The van der Waals surface area contributed by atoms with Crippen LogP contribution in [0.25, 0.3) is 0 Å². The van der Waals surface area contributed by atoms with Crippen LogP contribution in [0.3, 0.4) is 0 Å². The number of ether oxygens (including phenoxy) is 2. The van der Waals surface area contributed by atoms with Crippen molar-refractivity contribution in [3.05, 3.63) is 59.1 Å². The number of amides is 1. The lowest BCUT2D eigenvalue weighted by Crippen LogP contribution is -2.38. The van der Waals surface area contributed by atoms with E-state index < -0.39 is 21.9 Å². The molecule has 0 bridgehead atoms. The van der Waals surface area contributed by atoms with Crippen LogP contribution in [0.1, 0.15) is 57.9 Å². The number of sulfonamides is 1. The molecule has 0 unspecified atom stereocenters. The van der Waals surface area contributed by atoms with Crippen molar-refractivity contribution in [1.82, 2.24) is 4.31 Å². The third-order valence-corrected chi connectivity index (χ3v) is 7.42. The van der Waals surface area contributed by atoms with Crippen LogP contribution in [0.15, 0.2) is 53.4 Å². The minimum atomic E-state index is -4.04. The molecule has 0 fully saturated rings. The number of rotatable bonds is 15. The lowest BCUT2D eigenvalue weighted by Gasteiger charge is -2.23. The quantitative estimate of drug-likeness (QED) is 0.229. The summed E-state index contributed by atoms with van der Waals surface area (Å²) in [5.41, 5.74) is 0.776. The van der Waals surface area contributed by atoms with Gasteiger partial charge in [0.2, 0.25) is 5.91 Å². The number of benzene rings is 2. The molecule has 1 amide bonds. The van der Waals surface area contributed by atoms with Crippen LogP contribution in [0, 0.1) is 0 Å². The largest absolute Gasteiger partial charge is 0.482 e. The molecule has 2 aromatic rings. The van der Waals surface area contributed by atoms with E-state index in [4.69, 9.17) is 21.1 Å². The van der Waals surface area contributed by atoms with Crippen LogP contribution in [0.4, 0.5) is 0 Å². The Hall–Kier alpha value is -2.58. The Bertz CT molecular complexity index is 1060. The first-order valence-corrected chi connectivity index (χ1v) is 13.8. The molecule has 9 heteroatoms. The van der Waals surface area contributed by atoms with Gasteiger partial charge in [-0.3, -0.25) is 4.79 Å². The van der Waals surface area contributed by atoms with Crippen molar-refractivity contribution in [2.75, 3.05) is 19.8 Å². The van der Waals surface area contributed by atoms with E-state index in [1.807, 2.05) is 6.07 Å². The Morgan fingerprint density at radius 1 is 0.971 bits per heavy atom. The molecule has 0 aliphatic carbocycles. The fourth-order valence-electron chi connectivity index (χ4n) is 3.48. The van der Waals surface area contributed by atoms with Crippen LogP contribution in [-0.4, -0.2) is 44.4 Å². The Balaban J connectivity index is 2.13. The summed E-state index contributed by atoms with van der Waals surface area (Å²) in [5, 5.41) is 0.414. The molecule has 0 saturated heterocycles. The van der Waals surface area contributed by atoms with Crippen molar-refractivity contribution in [3.63, 3.8) is 0 Å². The summed E-state index contributed by atoms with van der Waals surface area (Å²) in [5.74, 6) is -0.432. The van der Waals surface area contributed by atoms with Gasteiger partial charge in [-0.15, -0.1) is 0 Å². The van der Waals surface area contributed by atoms with Crippen LogP contribution >= 0.6 is 11.6 Å². The number of carbonyl (C=O) groups excluding carboxylic acids is 2. The lowest BCUT2D eigenvalue weighted by molar-refractivity contribution is -0.145. The van der Waals surface area contributed by atoms with Crippen molar-refractivity contribution in [2.45, 2.75) is 63.7 Å². The SMILES string of the molecule is CCCCCCCC(=O)N(CCc1cccc(OCC(=O)OCC)c1)S(=O)(=O)c1ccc(Cl)cc1. The minimum Gasteiger partial charge on any atom is -0.482 e. The molecule has 0 spiro atoms. The first-order valence-electron chi connectivity index (χ1n) is 12.0. The Morgan fingerprint density at radius 2 is 1.69 bits per heavy atom. The maximum atomic E-state index is 13.3. The zero-order valence-corrected chi connectivity index (χ0v) is 21.9. The number of esters is 1. The van der Waals surface area contributed by atoms with E-state index >= 15 is 0 Å². The number of halogens is 1. The summed E-state index contributed by atoms with van der Waals surface area (Å²) in [6.07, 6.45) is 5.19. The van der Waals surface area contributed by atoms with E-state index in [9.17, 15) is 18.0 Å². The fourth-order valence-corrected chi connectivity index (χ4v) is 5.04. The maximum Gasteiger partial charge on any atom is 0.344 e. The molecule has 0 heterocycles. The summed E-state index contributed by atoms with van der Waals surface area (Å²) in [7, 11) is -4.04. The van der Waals surface area contributed by atoms with Gasteiger partial charge >= 0.3 is 5.97 Å². The predicted octanol–water partition coefficient (Wildman–Crippen LogP) is 5.40. The summed E-state index contributed by atoms with van der Waals surface area (Å²) >= 11 is 5.92. The number of hydrogen-bond acceptors (Lipinski definition) is 6. The molecule has 192 valence electrons. The van der Waals surface area contributed by atoms with Crippen LogP contribution < -0.4 is 4.74 Å². The number of nitrogens with zero attached hydrogens (tertiary/aromatic N) is 1. The molecule has 0 aliphatic rings. The zero-order valence-electron chi connectivity index (χ0n) is 20.4. The Labute approximate surface area is 213 Å². The second kappa shape index (κ2) is 14.7. The van der Waals surface area contributed by atoms with Crippen molar-refractivity contribution >= 4 is 33.5 Å². The van der Waals surface area contributed by atoms with Crippen molar-refractivity contribution in [3.8, 4) is 5.75 Å². The molecular formula is C26H34ClNO6S. The van der Waals surface area contributed by atoms with Gasteiger partial charge in [0.25, 0.3) is 10.0 Å². The van der Waals surface area contributed by atoms with E-state index in [1.165, 1.54) is 24.3 Å². The van der Waals surface area contributed by atoms with Gasteiger partial charge in [0.15, 0.2) is 6.61 Å². The summed E-state index contributed by atoms with van der Waals surface area (Å²) in [6.45, 7) is 3.87. The third kappa shape index (κ3) is 9.53. The number of carbonyl (C=O) groups is 2. The topological polar surface area (TPSA) is 90.0 Å². The molecule has 7 nitrogen and oxygen atoms in total. The van der Waals surface area contributed by atoms with E-state index in [1.54, 1.807) is 25.1 Å². The van der Waals surface area contributed by atoms with Crippen LogP contribution in [-0.2, 0) is 30.8 Å². The highest BCUT2D eigenvalue weighted by Crippen LogP contribution is 2.22. The summed E-state index contributed by atoms with van der Waals surface area (Å²) < 4.78 is 37.9. The molecule has 2 aromatic carbocycles. The average Bonchev–Trinajstić information content (AvgIpc) is 2.83. The first-order chi connectivity index (χ1) is 16.8. The van der Waals surface area contributed by atoms with Gasteiger partial charge in [0, 0.05) is 18.0 Å². The molecule has 0 N–H and O–H groups in total. The Kier molecular flexibility index (Phi) is 12.1. The van der Waals surface area contributed by atoms with Crippen molar-refractivity contribution in [2.24, 2.45) is 0 Å². The van der Waals surface area contributed by atoms with Crippen LogP contribution in [0.2, 0.25) is 5.02 Å². The van der Waals surface area contributed by atoms with Gasteiger partial charge in [-0.05, 0) is 61.7 Å². The van der Waals surface area contributed by atoms with Gasteiger partial charge in [0.1, 0.15) is 5.75 Å². The van der Waals surface area contributed by atoms with E-state index in [0.717, 1.165) is 35.6 Å². The van der Waals surface area contributed by atoms with Gasteiger partial charge in [-0.1, -0.05) is 56.3 Å². The monoisotopic (exact) mass is 523 g/mol. The average molecular weight is 524 g/mol. The van der Waals surface area contributed by atoms with Gasteiger partial charge in [-0.2, -0.15) is 0 Å². The first kappa shape index (κ1) is 28.7. The molecule has 0 aromatic heterocycles. The second-order valence-corrected chi connectivity index (χ2v) is 10.4. The van der Waals surface area contributed by atoms with E-state index in [-0.39, 0.29) is 31.1 Å². The number of hydrogen-bond donors (Lipinski definition) is 0. The minimum absolute atomic E-state index is 0.0138. The lowest BCUT2D eigenvalue weighted by atomic mass is 10.1. The van der Waals surface area contributed by atoms with E-state index in [2.05, 4.69) is 6.92 Å². The van der Waals surface area contributed by atoms with E-state index in [0.29, 0.717) is 23.6 Å². The summed E-state index contributed by atoms with van der Waals surface area (Å²) in [4.78, 5) is 24.6. The summed E-state index contributed by atoms with van der Waals surface area (Å²) in [6, 6.07) is 12.8. The zero-order chi connectivity index (χ0) is 25.7. The highest BCUT2D eigenvalue weighted by atomic mass is 35.5. The molecule has 0 saturated carbocycles. The standard InChI is InChI=1S/C26H34ClNO6S/c1-3-5-6-7-8-12-25(29)28(35(31,32)24-15-13-22(27)14-16-24)18-17-21-10-9-11-23(19-21)34-20-26(30)33-4-2/h9-11,13-16,19H,3-8,12,17-18,20H2,1-2H3. The van der Waals surface area contributed by atoms with Gasteiger partial charge in [-0.25, -0.2) is 17.5 Å². The molecule has 35 heavy (non-hydrogen) atoms. The van der Waals surface area contributed by atoms with Crippen LogP contribution in [0.5, 0.6) is 5.75 Å². The van der Waals surface area contributed by atoms with Crippen molar-refractivity contribution < 1.29 is 27.5 Å². The normalized spacial score (nSPS) is 11.2. The number of unbranched alkanes of at least 4 members (excludes halogenated alkanes) is 4. The molecule has 0 radical (unpaired) electrons. The van der Waals surface area contributed by atoms with Crippen molar-refractivity contribution in [1.29, 1.82) is 0 Å². The maximum absolute atomic E-state index is 13.3. The third-order valence-electron chi connectivity index (χ3n) is 5.34. The molecular weight excluding hydrogens is 490 g/mol. The smallest absolute Gasteiger partial charge is 0.344 e. The molecule has 0 aliphatic heterocycles. The second-order valence-electron chi connectivity index (χ2n) is 8.08. The predicted molar refractivity (Wildman–Crippen MR) is 136 cm³/mol. The molecule has 0 atom stereocenters. The Morgan fingerprint density at radius 3 is 2.37 bits per heavy atom.